The van der Waals surface area contributed by atoms with E-state index in [4.69, 9.17) is 10.5 Å². The van der Waals surface area contributed by atoms with Gasteiger partial charge in [-0.2, -0.15) is 0 Å². The Labute approximate surface area is 128 Å². The van der Waals surface area contributed by atoms with Crippen LogP contribution in [0.1, 0.15) is 43.2 Å². The van der Waals surface area contributed by atoms with E-state index < -0.39 is 0 Å². The smallest absolute Gasteiger partial charge is 0.134 e. The summed E-state index contributed by atoms with van der Waals surface area (Å²) in [5, 5.41) is 0. The Bertz CT molecular complexity index is 494. The summed E-state index contributed by atoms with van der Waals surface area (Å²) in [6, 6.07) is 6.30. The first-order chi connectivity index (χ1) is 10.3. The minimum Gasteiger partial charge on any atom is -0.495 e. The Morgan fingerprint density at radius 3 is 2.52 bits per heavy atom. The van der Waals surface area contributed by atoms with Gasteiger partial charge < -0.3 is 10.5 Å². The predicted molar refractivity (Wildman–Crippen MR) is 87.3 cm³/mol. The van der Waals surface area contributed by atoms with Gasteiger partial charge in [-0.05, 0) is 43.6 Å². The van der Waals surface area contributed by atoms with Gasteiger partial charge in [0.05, 0.1) is 19.2 Å². The van der Waals surface area contributed by atoms with Crippen LogP contribution in [0.25, 0.3) is 0 Å². The molecule has 1 aromatic carbocycles. The highest BCUT2D eigenvalue weighted by Crippen LogP contribution is 2.21. The highest BCUT2D eigenvalue weighted by Gasteiger charge is 2.10. The molecule has 1 aromatic rings. The van der Waals surface area contributed by atoms with Gasteiger partial charge in [-0.3, -0.25) is 4.90 Å². The van der Waals surface area contributed by atoms with E-state index in [9.17, 15) is 0 Å². The zero-order valence-corrected chi connectivity index (χ0v) is 13.0. The van der Waals surface area contributed by atoms with Crippen molar-refractivity contribution >= 4 is 0 Å². The van der Waals surface area contributed by atoms with E-state index in [0.717, 1.165) is 17.9 Å². The zero-order chi connectivity index (χ0) is 14.9. The summed E-state index contributed by atoms with van der Waals surface area (Å²) in [5.41, 5.74) is 7.71. The van der Waals surface area contributed by atoms with Gasteiger partial charge in [0.1, 0.15) is 5.75 Å². The molecule has 1 heterocycles. The van der Waals surface area contributed by atoms with Crippen LogP contribution in [0.2, 0.25) is 0 Å². The van der Waals surface area contributed by atoms with Crippen molar-refractivity contribution in [2.45, 2.75) is 38.6 Å². The summed E-state index contributed by atoms with van der Waals surface area (Å²) in [5.74, 6) is 6.84. The molecule has 0 unspecified atom stereocenters. The minimum atomic E-state index is 0.375. The molecule has 1 saturated heterocycles. The first kappa shape index (κ1) is 15.9. The van der Waals surface area contributed by atoms with Crippen LogP contribution in [0.5, 0.6) is 5.75 Å². The average molecular weight is 286 g/mol. The third kappa shape index (κ3) is 5.08. The molecule has 0 saturated carbocycles. The molecule has 0 amide bonds. The number of rotatable bonds is 3. The van der Waals surface area contributed by atoms with Crippen molar-refractivity contribution in [3.8, 4) is 17.6 Å². The van der Waals surface area contributed by atoms with Gasteiger partial charge in [0.25, 0.3) is 0 Å². The quantitative estimate of drug-likeness (QED) is 0.868. The molecule has 2 N–H and O–H groups in total. The maximum Gasteiger partial charge on any atom is 0.134 e. The normalized spacial score (nSPS) is 16.5. The molecule has 1 aliphatic heterocycles. The Morgan fingerprint density at radius 2 is 1.86 bits per heavy atom. The lowest BCUT2D eigenvalue weighted by Crippen LogP contribution is -2.26. The number of ether oxygens (including phenoxy) is 1. The standard InChI is InChI=1S/C18H26N2O/c1-21-18-10-9-16(14-17(18)8-7-11-19)15-20-12-5-3-2-4-6-13-20/h9-10,14H,2-6,11-13,15,19H2,1H3. The molecule has 2 rings (SSSR count). The van der Waals surface area contributed by atoms with Crippen LogP contribution in [0.3, 0.4) is 0 Å². The van der Waals surface area contributed by atoms with Gasteiger partial charge >= 0.3 is 0 Å². The fraction of sp³-hybridized carbons (Fsp3) is 0.556. The molecule has 21 heavy (non-hydrogen) atoms. The maximum absolute atomic E-state index is 5.46. The average Bonchev–Trinajstić information content (AvgIpc) is 2.48. The number of hydrogen-bond acceptors (Lipinski definition) is 3. The summed E-state index contributed by atoms with van der Waals surface area (Å²) in [6.07, 6.45) is 6.76. The lowest BCUT2D eigenvalue weighted by molar-refractivity contribution is 0.239. The molecule has 3 nitrogen and oxygen atoms in total. The van der Waals surface area contributed by atoms with Crippen LogP contribution >= 0.6 is 0 Å². The van der Waals surface area contributed by atoms with Gasteiger partial charge in [0.15, 0.2) is 0 Å². The van der Waals surface area contributed by atoms with Crippen molar-refractivity contribution in [2.24, 2.45) is 5.73 Å². The molecular weight excluding hydrogens is 260 g/mol. The lowest BCUT2D eigenvalue weighted by Gasteiger charge is -2.24. The van der Waals surface area contributed by atoms with Gasteiger partial charge in [-0.1, -0.05) is 37.2 Å². The molecule has 1 aliphatic rings. The van der Waals surface area contributed by atoms with Gasteiger partial charge in [0, 0.05) is 6.54 Å². The molecule has 0 radical (unpaired) electrons. The fourth-order valence-electron chi connectivity index (χ4n) is 2.83. The zero-order valence-electron chi connectivity index (χ0n) is 13.0. The van der Waals surface area contributed by atoms with Crippen LogP contribution in [-0.2, 0) is 6.54 Å². The van der Waals surface area contributed by atoms with E-state index in [1.807, 2.05) is 6.07 Å². The maximum atomic E-state index is 5.46. The SMILES string of the molecule is COc1ccc(CN2CCCCCCC2)cc1C#CCN. The highest BCUT2D eigenvalue weighted by atomic mass is 16.5. The molecule has 0 atom stereocenters. The second kappa shape index (κ2) is 8.71. The number of benzene rings is 1. The lowest BCUT2D eigenvalue weighted by atomic mass is 10.1. The summed E-state index contributed by atoms with van der Waals surface area (Å²) in [6.45, 7) is 3.78. The van der Waals surface area contributed by atoms with E-state index in [1.165, 1.54) is 50.8 Å². The van der Waals surface area contributed by atoms with Crippen LogP contribution in [-0.4, -0.2) is 31.6 Å². The van der Waals surface area contributed by atoms with Crippen LogP contribution < -0.4 is 10.5 Å². The number of methoxy groups -OCH3 is 1. The van der Waals surface area contributed by atoms with E-state index >= 15 is 0 Å². The highest BCUT2D eigenvalue weighted by molar-refractivity contribution is 5.48. The van der Waals surface area contributed by atoms with Crippen molar-refractivity contribution in [3.63, 3.8) is 0 Å². The number of hydrogen-bond donors (Lipinski definition) is 1. The van der Waals surface area contributed by atoms with E-state index in [1.54, 1.807) is 7.11 Å². The van der Waals surface area contributed by atoms with E-state index in [-0.39, 0.29) is 0 Å². The van der Waals surface area contributed by atoms with Crippen molar-refractivity contribution in [3.05, 3.63) is 29.3 Å². The second-order valence-electron chi connectivity index (χ2n) is 5.58. The molecular formula is C18H26N2O. The van der Waals surface area contributed by atoms with Crippen molar-refractivity contribution in [2.75, 3.05) is 26.7 Å². The third-order valence-electron chi connectivity index (χ3n) is 3.94. The molecule has 0 aromatic heterocycles. The van der Waals surface area contributed by atoms with Crippen molar-refractivity contribution in [1.29, 1.82) is 0 Å². The molecule has 0 aliphatic carbocycles. The first-order valence-electron chi connectivity index (χ1n) is 7.91. The fourth-order valence-corrected chi connectivity index (χ4v) is 2.83. The van der Waals surface area contributed by atoms with Crippen LogP contribution in [0, 0.1) is 11.8 Å². The Hall–Kier alpha value is -1.50. The van der Waals surface area contributed by atoms with Gasteiger partial charge in [-0.25, -0.2) is 0 Å². The first-order valence-corrected chi connectivity index (χ1v) is 7.91. The summed E-state index contributed by atoms with van der Waals surface area (Å²) >= 11 is 0. The number of nitrogens with zero attached hydrogens (tertiary/aromatic N) is 1. The van der Waals surface area contributed by atoms with Gasteiger partial charge in [-0.15, -0.1) is 0 Å². The van der Waals surface area contributed by atoms with Crippen molar-refractivity contribution < 1.29 is 4.74 Å². The molecule has 114 valence electrons. The van der Waals surface area contributed by atoms with Crippen molar-refractivity contribution in [1.82, 2.24) is 4.90 Å². The monoisotopic (exact) mass is 286 g/mol. The molecule has 1 fully saturated rings. The second-order valence-corrected chi connectivity index (χ2v) is 5.58. The van der Waals surface area contributed by atoms with E-state index in [2.05, 4.69) is 28.9 Å². The topological polar surface area (TPSA) is 38.5 Å². The van der Waals surface area contributed by atoms with Crippen LogP contribution in [0.15, 0.2) is 18.2 Å². The summed E-state index contributed by atoms with van der Waals surface area (Å²) in [4.78, 5) is 2.56. The Balaban J connectivity index is 2.08. The number of likely N-dealkylation sites (tertiary alicyclic amines) is 1. The largest absolute Gasteiger partial charge is 0.495 e. The van der Waals surface area contributed by atoms with Crippen LogP contribution in [0.4, 0.5) is 0 Å². The summed E-state index contributed by atoms with van der Waals surface area (Å²) in [7, 11) is 1.68. The molecule has 3 heteroatoms. The molecule has 0 spiro atoms. The Kier molecular flexibility index (Phi) is 6.59. The van der Waals surface area contributed by atoms with Gasteiger partial charge in [0.2, 0.25) is 0 Å². The predicted octanol–water partition coefficient (Wildman–Crippen LogP) is 2.77. The third-order valence-corrected chi connectivity index (χ3v) is 3.94. The summed E-state index contributed by atoms with van der Waals surface area (Å²) < 4.78 is 5.37. The van der Waals surface area contributed by atoms with E-state index in [0.29, 0.717) is 6.54 Å². The Morgan fingerprint density at radius 1 is 1.14 bits per heavy atom. The minimum absolute atomic E-state index is 0.375. The number of nitrogens with two attached hydrogens (primary N) is 1. The molecule has 0 bridgehead atoms.